The molecule has 4 rings (SSSR count). The molecule has 9 nitrogen and oxygen atoms in total. The number of non-ortho nitro benzene ring substituents is 1. The van der Waals surface area contributed by atoms with Crippen molar-refractivity contribution in [1.82, 2.24) is 9.78 Å². The number of ether oxygens (including phenoxy) is 2. The third-order valence-electron chi connectivity index (χ3n) is 4.90. The van der Waals surface area contributed by atoms with Crippen molar-refractivity contribution in [1.29, 1.82) is 0 Å². The van der Waals surface area contributed by atoms with Crippen molar-refractivity contribution in [2.45, 2.75) is 20.6 Å². The number of hydrogen-bond donors (Lipinski definition) is 1. The molecule has 0 aliphatic heterocycles. The number of hydrogen-bond acceptors (Lipinski definition) is 6. The van der Waals surface area contributed by atoms with Crippen LogP contribution in [-0.2, 0) is 6.73 Å². The Morgan fingerprint density at radius 1 is 1.06 bits per heavy atom. The number of benzene rings is 3. The van der Waals surface area contributed by atoms with E-state index in [-0.39, 0.29) is 29.5 Å². The van der Waals surface area contributed by atoms with Crippen LogP contribution >= 0.6 is 11.6 Å². The second-order valence-corrected chi connectivity index (χ2v) is 8.20. The number of nitrogens with zero attached hydrogens (tertiary/aromatic N) is 3. The Hall–Kier alpha value is -4.37. The lowest BCUT2D eigenvalue weighted by atomic mass is 10.2. The van der Waals surface area contributed by atoms with Crippen LogP contribution < -0.4 is 14.8 Å². The quantitative estimate of drug-likeness (QED) is 0.233. The molecular weight excluding hydrogens is 472 g/mol. The molecule has 0 aliphatic carbocycles. The van der Waals surface area contributed by atoms with Gasteiger partial charge in [-0.2, -0.15) is 5.10 Å². The molecule has 1 N–H and O–H groups in total. The van der Waals surface area contributed by atoms with Crippen molar-refractivity contribution in [3.8, 4) is 17.2 Å². The van der Waals surface area contributed by atoms with Crippen LogP contribution in [0.5, 0.6) is 17.2 Å². The summed E-state index contributed by atoms with van der Waals surface area (Å²) >= 11 is 6.14. The van der Waals surface area contributed by atoms with E-state index in [1.165, 1.54) is 28.9 Å². The van der Waals surface area contributed by atoms with Gasteiger partial charge in [0.2, 0.25) is 0 Å². The third-order valence-corrected chi connectivity index (χ3v) is 5.21. The van der Waals surface area contributed by atoms with Gasteiger partial charge >= 0.3 is 0 Å². The average molecular weight is 493 g/mol. The van der Waals surface area contributed by atoms with Gasteiger partial charge in [0.25, 0.3) is 11.6 Å². The van der Waals surface area contributed by atoms with Gasteiger partial charge in [0.1, 0.15) is 17.2 Å². The van der Waals surface area contributed by atoms with Crippen LogP contribution in [0, 0.1) is 24.0 Å². The van der Waals surface area contributed by atoms with Crippen molar-refractivity contribution >= 4 is 28.9 Å². The highest BCUT2D eigenvalue weighted by atomic mass is 35.5. The number of anilines is 1. The summed E-state index contributed by atoms with van der Waals surface area (Å²) < 4.78 is 12.9. The average Bonchev–Trinajstić information content (AvgIpc) is 3.29. The van der Waals surface area contributed by atoms with E-state index in [2.05, 4.69) is 10.4 Å². The third kappa shape index (κ3) is 6.15. The predicted octanol–water partition coefficient (Wildman–Crippen LogP) is 6.14. The molecule has 1 amide bonds. The van der Waals surface area contributed by atoms with Gasteiger partial charge in [0.05, 0.1) is 21.7 Å². The topological polar surface area (TPSA) is 109 Å². The highest BCUT2D eigenvalue weighted by molar-refractivity contribution is 6.32. The maximum atomic E-state index is 12.7. The molecule has 0 saturated heterocycles. The number of amides is 1. The number of halogens is 1. The first kappa shape index (κ1) is 23.8. The Bertz CT molecular complexity index is 1400. The number of nitro groups is 1. The Morgan fingerprint density at radius 3 is 2.63 bits per heavy atom. The minimum Gasteiger partial charge on any atom is -0.470 e. The van der Waals surface area contributed by atoms with E-state index >= 15 is 0 Å². The minimum absolute atomic E-state index is 0.0434. The van der Waals surface area contributed by atoms with Gasteiger partial charge in [-0.15, -0.1) is 0 Å². The monoisotopic (exact) mass is 492 g/mol. The first-order chi connectivity index (χ1) is 16.8. The maximum Gasteiger partial charge on any atom is 0.276 e. The number of aromatic nitrogens is 2. The number of nitrogens with one attached hydrogen (secondary N) is 1. The summed E-state index contributed by atoms with van der Waals surface area (Å²) in [5.41, 5.74) is 2.05. The van der Waals surface area contributed by atoms with Crippen LogP contribution in [0.4, 0.5) is 11.4 Å². The fourth-order valence-electron chi connectivity index (χ4n) is 3.24. The molecule has 3 aromatic carbocycles. The first-order valence-corrected chi connectivity index (χ1v) is 10.9. The smallest absolute Gasteiger partial charge is 0.276 e. The van der Waals surface area contributed by atoms with E-state index in [9.17, 15) is 14.9 Å². The molecule has 0 spiro atoms. The van der Waals surface area contributed by atoms with Crippen LogP contribution in [0.25, 0.3) is 0 Å². The zero-order valence-corrected chi connectivity index (χ0v) is 19.7. The number of rotatable bonds is 8. The molecule has 1 aromatic heterocycles. The standard InChI is InChI=1S/C25H21ClN4O5/c1-16-4-3-5-20(10-16)35-21-13-18(12-19(14-21)30(32)33)27-25(31)23-8-9-29(28-23)15-34-24-11-17(2)6-7-22(24)26/h3-14H,15H2,1-2H3,(H,27,31). The first-order valence-electron chi connectivity index (χ1n) is 10.5. The molecule has 1 heterocycles. The normalized spacial score (nSPS) is 10.6. The van der Waals surface area contributed by atoms with Gasteiger partial charge in [-0.3, -0.25) is 14.9 Å². The molecule has 10 heteroatoms. The summed E-state index contributed by atoms with van der Waals surface area (Å²) in [5, 5.41) is 18.7. The van der Waals surface area contributed by atoms with Crippen molar-refractivity contribution in [2.24, 2.45) is 0 Å². The zero-order valence-electron chi connectivity index (χ0n) is 18.9. The number of carbonyl (C=O) groups is 1. The van der Waals surface area contributed by atoms with Crippen LogP contribution in [-0.4, -0.2) is 20.6 Å². The zero-order chi connectivity index (χ0) is 24.9. The lowest BCUT2D eigenvalue weighted by molar-refractivity contribution is -0.384. The molecule has 0 atom stereocenters. The van der Waals surface area contributed by atoms with Crippen molar-refractivity contribution < 1.29 is 19.2 Å². The second kappa shape index (κ2) is 10.3. The maximum absolute atomic E-state index is 12.7. The molecule has 0 fully saturated rings. The highest BCUT2D eigenvalue weighted by Gasteiger charge is 2.16. The van der Waals surface area contributed by atoms with E-state index < -0.39 is 10.8 Å². The van der Waals surface area contributed by atoms with Gasteiger partial charge in [-0.25, -0.2) is 4.68 Å². The Kier molecular flexibility index (Phi) is 6.98. The number of nitro benzene ring substituents is 1. The van der Waals surface area contributed by atoms with Crippen molar-refractivity contribution in [2.75, 3.05) is 5.32 Å². The van der Waals surface area contributed by atoms with E-state index in [1.807, 2.05) is 32.0 Å². The summed E-state index contributed by atoms with van der Waals surface area (Å²) in [6.45, 7) is 3.87. The SMILES string of the molecule is Cc1cccc(Oc2cc(NC(=O)c3ccn(COc4cc(C)ccc4Cl)n3)cc([N+](=O)[O-])c2)c1. The van der Waals surface area contributed by atoms with Gasteiger partial charge in [0, 0.05) is 18.3 Å². The lowest BCUT2D eigenvalue weighted by Crippen LogP contribution is -2.14. The second-order valence-electron chi connectivity index (χ2n) is 7.79. The molecule has 0 aliphatic rings. The fraction of sp³-hybridized carbons (Fsp3) is 0.120. The Morgan fingerprint density at radius 2 is 1.86 bits per heavy atom. The van der Waals surface area contributed by atoms with Gasteiger partial charge in [-0.05, 0) is 55.3 Å². The molecule has 0 unspecified atom stereocenters. The van der Waals surface area contributed by atoms with Crippen LogP contribution in [0.15, 0.2) is 72.9 Å². The molecule has 35 heavy (non-hydrogen) atoms. The predicted molar refractivity (Wildman–Crippen MR) is 131 cm³/mol. The van der Waals surface area contributed by atoms with E-state index in [4.69, 9.17) is 21.1 Å². The summed E-state index contributed by atoms with van der Waals surface area (Å²) in [6, 6.07) is 18.2. The van der Waals surface area contributed by atoms with E-state index in [1.54, 1.807) is 30.5 Å². The van der Waals surface area contributed by atoms with Crippen molar-refractivity contribution in [3.63, 3.8) is 0 Å². The minimum atomic E-state index is -0.554. The van der Waals surface area contributed by atoms with Gasteiger partial charge < -0.3 is 14.8 Å². The molecular formula is C25H21ClN4O5. The Balaban J connectivity index is 1.47. The fourth-order valence-corrected chi connectivity index (χ4v) is 3.41. The molecule has 4 aromatic rings. The van der Waals surface area contributed by atoms with Gasteiger partial charge in [-0.1, -0.05) is 29.8 Å². The molecule has 0 bridgehead atoms. The summed E-state index contributed by atoms with van der Waals surface area (Å²) in [4.78, 5) is 23.6. The molecule has 178 valence electrons. The van der Waals surface area contributed by atoms with Crippen LogP contribution in [0.2, 0.25) is 5.02 Å². The Labute approximate surface area is 206 Å². The van der Waals surface area contributed by atoms with Crippen LogP contribution in [0.1, 0.15) is 21.6 Å². The lowest BCUT2D eigenvalue weighted by Gasteiger charge is -2.10. The number of carbonyl (C=O) groups excluding carboxylic acids is 1. The summed E-state index contributed by atoms with van der Waals surface area (Å²) in [7, 11) is 0. The highest BCUT2D eigenvalue weighted by Crippen LogP contribution is 2.30. The number of aryl methyl sites for hydroxylation is 2. The molecule has 0 radical (unpaired) electrons. The van der Waals surface area contributed by atoms with Crippen molar-refractivity contribution in [3.05, 3.63) is 105 Å². The van der Waals surface area contributed by atoms with E-state index in [0.717, 1.165) is 11.1 Å². The summed E-state index contributed by atoms with van der Waals surface area (Å²) in [6.07, 6.45) is 1.58. The largest absolute Gasteiger partial charge is 0.470 e. The summed E-state index contributed by atoms with van der Waals surface area (Å²) in [5.74, 6) is 0.703. The van der Waals surface area contributed by atoms with Gasteiger partial charge in [0.15, 0.2) is 12.4 Å². The van der Waals surface area contributed by atoms with Crippen LogP contribution in [0.3, 0.4) is 0 Å². The van der Waals surface area contributed by atoms with E-state index in [0.29, 0.717) is 16.5 Å². The molecule has 0 saturated carbocycles.